The Morgan fingerprint density at radius 2 is 1.78 bits per heavy atom. The van der Waals surface area contributed by atoms with Gasteiger partial charge in [0, 0.05) is 40.6 Å². The zero-order valence-electron chi connectivity index (χ0n) is 13.3. The van der Waals surface area contributed by atoms with Gasteiger partial charge in [0.05, 0.1) is 0 Å². The number of rotatable bonds is 4. The fraction of sp³-hybridized carbons (Fsp3) is 0.211. The Labute approximate surface area is 141 Å². The zero-order chi connectivity index (χ0) is 16.4. The molecule has 1 heterocycles. The van der Waals surface area contributed by atoms with Crippen LogP contribution in [0.1, 0.15) is 25.0 Å². The molecule has 2 aromatic carbocycles. The standard InChI is InChI=1S/C19H19ClN2O/c1-3-22(4-2)15-8-5-13(6-9-15)11-17-16-12-14(20)7-10-18(16)21-19(17)23/h5-12H,3-4H2,1-2H3,(H,21,23)/b17-11+. The molecule has 3 nitrogen and oxygen atoms in total. The second-order valence-electron chi connectivity index (χ2n) is 5.47. The van der Waals surface area contributed by atoms with Crippen LogP contribution >= 0.6 is 11.6 Å². The van der Waals surface area contributed by atoms with Gasteiger partial charge in [-0.1, -0.05) is 23.7 Å². The van der Waals surface area contributed by atoms with E-state index in [4.69, 9.17) is 11.6 Å². The maximum absolute atomic E-state index is 12.2. The Morgan fingerprint density at radius 3 is 2.43 bits per heavy atom. The van der Waals surface area contributed by atoms with E-state index in [1.165, 1.54) is 5.69 Å². The van der Waals surface area contributed by atoms with Gasteiger partial charge in [-0.2, -0.15) is 0 Å². The molecule has 4 heteroatoms. The van der Waals surface area contributed by atoms with Crippen molar-refractivity contribution in [2.24, 2.45) is 0 Å². The summed E-state index contributed by atoms with van der Waals surface area (Å²) in [6.45, 7) is 6.24. The van der Waals surface area contributed by atoms with Crippen molar-refractivity contribution < 1.29 is 4.79 Å². The predicted molar refractivity (Wildman–Crippen MR) is 98.0 cm³/mol. The molecule has 0 saturated carbocycles. The summed E-state index contributed by atoms with van der Waals surface area (Å²) in [4.78, 5) is 14.5. The van der Waals surface area contributed by atoms with Crippen LogP contribution in [0.2, 0.25) is 5.02 Å². The largest absolute Gasteiger partial charge is 0.372 e. The van der Waals surface area contributed by atoms with Crippen molar-refractivity contribution in [3.63, 3.8) is 0 Å². The first-order valence-electron chi connectivity index (χ1n) is 7.80. The summed E-state index contributed by atoms with van der Waals surface area (Å²) >= 11 is 6.06. The normalized spacial score (nSPS) is 14.7. The Morgan fingerprint density at radius 1 is 1.09 bits per heavy atom. The van der Waals surface area contributed by atoms with Crippen LogP contribution in [0.25, 0.3) is 11.6 Å². The summed E-state index contributed by atoms with van der Waals surface area (Å²) in [5.41, 5.74) is 4.51. The quantitative estimate of drug-likeness (QED) is 0.827. The first-order chi connectivity index (χ1) is 11.1. The number of hydrogen-bond acceptors (Lipinski definition) is 2. The van der Waals surface area contributed by atoms with Gasteiger partial charge in [0.25, 0.3) is 5.91 Å². The van der Waals surface area contributed by atoms with Crippen molar-refractivity contribution in [3.05, 3.63) is 58.6 Å². The molecule has 0 fully saturated rings. The van der Waals surface area contributed by atoms with Crippen LogP contribution in [-0.2, 0) is 4.79 Å². The van der Waals surface area contributed by atoms with Crippen molar-refractivity contribution >= 4 is 40.5 Å². The number of hydrogen-bond donors (Lipinski definition) is 1. The minimum absolute atomic E-state index is 0.0879. The summed E-state index contributed by atoms with van der Waals surface area (Å²) in [5.74, 6) is -0.0879. The van der Waals surface area contributed by atoms with E-state index in [-0.39, 0.29) is 5.91 Å². The fourth-order valence-electron chi connectivity index (χ4n) is 2.84. The van der Waals surface area contributed by atoms with Gasteiger partial charge >= 0.3 is 0 Å². The molecular weight excluding hydrogens is 308 g/mol. The van der Waals surface area contributed by atoms with E-state index < -0.39 is 0 Å². The predicted octanol–water partition coefficient (Wildman–Crippen LogP) is 4.68. The lowest BCUT2D eigenvalue weighted by Crippen LogP contribution is -2.21. The third-order valence-electron chi connectivity index (χ3n) is 4.10. The highest BCUT2D eigenvalue weighted by molar-refractivity contribution is 6.36. The summed E-state index contributed by atoms with van der Waals surface area (Å²) in [5, 5.41) is 3.50. The van der Waals surface area contributed by atoms with Gasteiger partial charge in [0.1, 0.15) is 0 Å². The molecule has 1 N–H and O–H groups in total. The van der Waals surface area contributed by atoms with Crippen molar-refractivity contribution in [1.82, 2.24) is 0 Å². The number of amides is 1. The molecule has 0 radical (unpaired) electrons. The number of carbonyl (C=O) groups excluding carboxylic acids is 1. The molecule has 1 amide bonds. The minimum atomic E-state index is -0.0879. The molecule has 0 unspecified atom stereocenters. The molecule has 1 aliphatic rings. The molecule has 0 spiro atoms. The van der Waals surface area contributed by atoms with Gasteiger partial charge in [-0.25, -0.2) is 0 Å². The van der Waals surface area contributed by atoms with Crippen molar-refractivity contribution in [2.75, 3.05) is 23.3 Å². The zero-order valence-corrected chi connectivity index (χ0v) is 14.0. The van der Waals surface area contributed by atoms with Gasteiger partial charge in [-0.3, -0.25) is 4.79 Å². The first kappa shape index (κ1) is 15.6. The molecule has 1 aliphatic heterocycles. The fourth-order valence-corrected chi connectivity index (χ4v) is 3.01. The van der Waals surface area contributed by atoms with Crippen molar-refractivity contribution in [1.29, 1.82) is 0 Å². The molecule has 0 aromatic heterocycles. The SMILES string of the molecule is CCN(CC)c1ccc(/C=C2/C(=O)Nc3ccc(Cl)cc32)cc1. The molecule has 0 aliphatic carbocycles. The molecule has 118 valence electrons. The van der Waals surface area contributed by atoms with E-state index in [0.29, 0.717) is 10.6 Å². The lowest BCUT2D eigenvalue weighted by Gasteiger charge is -2.20. The third-order valence-corrected chi connectivity index (χ3v) is 4.33. The average Bonchev–Trinajstić information content (AvgIpc) is 2.86. The smallest absolute Gasteiger partial charge is 0.256 e. The summed E-state index contributed by atoms with van der Waals surface area (Å²) in [6.07, 6.45) is 1.91. The van der Waals surface area contributed by atoms with Gasteiger partial charge in [-0.05, 0) is 55.8 Å². The maximum Gasteiger partial charge on any atom is 0.256 e. The maximum atomic E-state index is 12.2. The number of anilines is 2. The van der Waals surface area contributed by atoms with Crippen molar-refractivity contribution in [2.45, 2.75) is 13.8 Å². The Balaban J connectivity index is 1.93. The molecule has 3 rings (SSSR count). The van der Waals surface area contributed by atoms with Crippen LogP contribution in [0.15, 0.2) is 42.5 Å². The van der Waals surface area contributed by atoms with Crippen LogP contribution < -0.4 is 10.2 Å². The molecule has 0 bridgehead atoms. The lowest BCUT2D eigenvalue weighted by atomic mass is 10.0. The van der Waals surface area contributed by atoms with Gasteiger partial charge in [0.15, 0.2) is 0 Å². The van der Waals surface area contributed by atoms with Crippen LogP contribution in [0, 0.1) is 0 Å². The molecular formula is C19H19ClN2O. The minimum Gasteiger partial charge on any atom is -0.372 e. The van der Waals surface area contributed by atoms with E-state index >= 15 is 0 Å². The first-order valence-corrected chi connectivity index (χ1v) is 8.18. The van der Waals surface area contributed by atoms with Crippen LogP contribution in [0.4, 0.5) is 11.4 Å². The third kappa shape index (κ3) is 3.10. The Kier molecular flexibility index (Phi) is 4.39. The van der Waals surface area contributed by atoms with Gasteiger partial charge in [-0.15, -0.1) is 0 Å². The lowest BCUT2D eigenvalue weighted by molar-refractivity contribution is -0.110. The number of benzene rings is 2. The topological polar surface area (TPSA) is 32.3 Å². The summed E-state index contributed by atoms with van der Waals surface area (Å²) in [7, 11) is 0. The highest BCUT2D eigenvalue weighted by Crippen LogP contribution is 2.35. The molecule has 2 aromatic rings. The van der Waals surface area contributed by atoms with Crippen molar-refractivity contribution in [3.8, 4) is 0 Å². The second-order valence-corrected chi connectivity index (χ2v) is 5.90. The van der Waals surface area contributed by atoms with E-state index in [1.807, 2.05) is 30.3 Å². The van der Waals surface area contributed by atoms with E-state index in [0.717, 1.165) is 29.9 Å². The van der Waals surface area contributed by atoms with E-state index in [2.05, 4.69) is 36.2 Å². The highest BCUT2D eigenvalue weighted by Gasteiger charge is 2.24. The monoisotopic (exact) mass is 326 g/mol. The van der Waals surface area contributed by atoms with Gasteiger partial charge in [0.2, 0.25) is 0 Å². The van der Waals surface area contributed by atoms with Crippen LogP contribution in [0.5, 0.6) is 0 Å². The number of carbonyl (C=O) groups is 1. The molecule has 23 heavy (non-hydrogen) atoms. The summed E-state index contributed by atoms with van der Waals surface area (Å²) in [6, 6.07) is 13.7. The van der Waals surface area contributed by atoms with Crippen LogP contribution in [-0.4, -0.2) is 19.0 Å². The number of nitrogens with one attached hydrogen (secondary N) is 1. The van der Waals surface area contributed by atoms with E-state index in [9.17, 15) is 4.79 Å². The van der Waals surface area contributed by atoms with Crippen LogP contribution in [0.3, 0.4) is 0 Å². The Hall–Kier alpha value is -2.26. The Bertz CT molecular complexity index is 761. The number of fused-ring (bicyclic) bond motifs is 1. The van der Waals surface area contributed by atoms with E-state index in [1.54, 1.807) is 6.07 Å². The molecule has 0 atom stereocenters. The average molecular weight is 327 g/mol. The summed E-state index contributed by atoms with van der Waals surface area (Å²) < 4.78 is 0. The number of nitrogens with zero attached hydrogens (tertiary/aromatic N) is 1. The highest BCUT2D eigenvalue weighted by atomic mass is 35.5. The second kappa shape index (κ2) is 6.47. The number of halogens is 1. The molecule has 0 saturated heterocycles. The van der Waals surface area contributed by atoms with Gasteiger partial charge < -0.3 is 10.2 Å².